The van der Waals surface area contributed by atoms with E-state index >= 15 is 0 Å². The average molecular weight is 290 g/mol. The first-order valence-corrected chi connectivity index (χ1v) is 7.37. The van der Waals surface area contributed by atoms with Gasteiger partial charge in [-0.25, -0.2) is 4.79 Å². The summed E-state index contributed by atoms with van der Waals surface area (Å²) in [5, 5.41) is 10.6. The molecular formula is C16H16ClNO2. The molecule has 0 atom stereocenters. The molecule has 3 nitrogen and oxygen atoms in total. The first kappa shape index (κ1) is 13.4. The van der Waals surface area contributed by atoms with E-state index < -0.39 is 5.97 Å². The summed E-state index contributed by atoms with van der Waals surface area (Å²) < 4.78 is 0. The Morgan fingerprint density at radius 2 is 2.00 bits per heavy atom. The molecule has 0 saturated heterocycles. The Bertz CT molecular complexity index is 663. The van der Waals surface area contributed by atoms with Crippen LogP contribution in [0.2, 0.25) is 5.02 Å². The van der Waals surface area contributed by atoms with Crippen LogP contribution in [0.3, 0.4) is 0 Å². The molecule has 2 aromatic rings. The number of hydrogen-bond donors (Lipinski definition) is 1. The van der Waals surface area contributed by atoms with Crippen LogP contribution >= 0.6 is 11.6 Å². The fourth-order valence-electron chi connectivity index (χ4n) is 3.02. The highest BCUT2D eigenvalue weighted by Gasteiger charge is 2.21. The number of aromatic nitrogens is 1. The van der Waals surface area contributed by atoms with Crippen molar-refractivity contribution in [3.8, 4) is 0 Å². The lowest BCUT2D eigenvalue weighted by Gasteiger charge is -2.22. The number of carboxylic acids is 1. The fourth-order valence-corrected chi connectivity index (χ4v) is 3.23. The van der Waals surface area contributed by atoms with Gasteiger partial charge < -0.3 is 5.11 Å². The van der Waals surface area contributed by atoms with E-state index in [0.717, 1.165) is 18.5 Å². The third kappa shape index (κ3) is 2.38. The number of halogens is 1. The summed E-state index contributed by atoms with van der Waals surface area (Å²) >= 11 is 6.19. The van der Waals surface area contributed by atoms with Crippen molar-refractivity contribution >= 4 is 28.5 Å². The third-order valence-electron chi connectivity index (χ3n) is 4.06. The highest BCUT2D eigenvalue weighted by molar-refractivity contribution is 6.35. The van der Waals surface area contributed by atoms with Gasteiger partial charge in [-0.05, 0) is 25.0 Å². The van der Waals surface area contributed by atoms with Crippen LogP contribution in [0.1, 0.15) is 54.1 Å². The summed E-state index contributed by atoms with van der Waals surface area (Å²) in [6, 6.07) is 7.02. The summed E-state index contributed by atoms with van der Waals surface area (Å²) in [5.74, 6) is -0.556. The second kappa shape index (κ2) is 5.41. The summed E-state index contributed by atoms with van der Waals surface area (Å²) in [6.07, 6.45) is 5.81. The van der Waals surface area contributed by atoms with Crippen molar-refractivity contribution < 1.29 is 9.90 Å². The van der Waals surface area contributed by atoms with E-state index in [4.69, 9.17) is 11.6 Å². The van der Waals surface area contributed by atoms with Gasteiger partial charge in [0, 0.05) is 17.0 Å². The lowest BCUT2D eigenvalue weighted by Crippen LogP contribution is -2.09. The van der Waals surface area contributed by atoms with Gasteiger partial charge >= 0.3 is 5.97 Å². The van der Waals surface area contributed by atoms with Crippen LogP contribution in [0.15, 0.2) is 24.3 Å². The summed E-state index contributed by atoms with van der Waals surface area (Å²) in [5.41, 5.74) is 1.79. The number of carboxylic acid groups (broad SMARTS) is 1. The average Bonchev–Trinajstić information content (AvgIpc) is 2.47. The van der Waals surface area contributed by atoms with Crippen LogP contribution < -0.4 is 0 Å². The molecule has 0 amide bonds. The van der Waals surface area contributed by atoms with Crippen LogP contribution in [0.5, 0.6) is 0 Å². The zero-order chi connectivity index (χ0) is 14.1. The molecular weight excluding hydrogens is 274 g/mol. The molecule has 0 bridgehead atoms. The summed E-state index contributed by atoms with van der Waals surface area (Å²) in [4.78, 5) is 16.1. The molecule has 3 rings (SSSR count). The van der Waals surface area contributed by atoms with E-state index in [1.54, 1.807) is 24.3 Å². The van der Waals surface area contributed by atoms with Crippen molar-refractivity contribution in [3.63, 3.8) is 0 Å². The number of nitrogens with zero attached hydrogens (tertiary/aromatic N) is 1. The molecule has 1 aliphatic rings. The lowest BCUT2D eigenvalue weighted by molar-refractivity contribution is 0.0699. The quantitative estimate of drug-likeness (QED) is 0.876. The minimum atomic E-state index is -0.920. The van der Waals surface area contributed by atoms with E-state index in [-0.39, 0.29) is 0 Å². The van der Waals surface area contributed by atoms with Crippen LogP contribution in [0.4, 0.5) is 0 Å². The number of fused-ring (bicyclic) bond motifs is 1. The van der Waals surface area contributed by atoms with Gasteiger partial charge in [-0.2, -0.15) is 0 Å². The zero-order valence-corrected chi connectivity index (χ0v) is 11.9. The fraction of sp³-hybridized carbons (Fsp3) is 0.375. The van der Waals surface area contributed by atoms with Crippen LogP contribution in [0.25, 0.3) is 10.9 Å². The molecule has 4 heteroatoms. The molecule has 1 aromatic heterocycles. The number of rotatable bonds is 2. The van der Waals surface area contributed by atoms with Gasteiger partial charge in [0.1, 0.15) is 0 Å². The van der Waals surface area contributed by atoms with Crippen LogP contribution in [-0.2, 0) is 0 Å². The maximum atomic E-state index is 11.5. The predicted octanol–water partition coefficient (Wildman–Crippen LogP) is 4.63. The first-order valence-electron chi connectivity index (χ1n) is 6.99. The highest BCUT2D eigenvalue weighted by Crippen LogP contribution is 2.34. The van der Waals surface area contributed by atoms with E-state index in [1.807, 2.05) is 0 Å². The molecule has 0 unspecified atom stereocenters. The maximum Gasteiger partial charge on any atom is 0.336 e. The second-order valence-corrected chi connectivity index (χ2v) is 5.78. The molecule has 1 N–H and O–H groups in total. The van der Waals surface area contributed by atoms with Gasteiger partial charge in [-0.1, -0.05) is 43.0 Å². The maximum absolute atomic E-state index is 11.5. The minimum absolute atomic E-state index is 0.304. The molecule has 20 heavy (non-hydrogen) atoms. The zero-order valence-electron chi connectivity index (χ0n) is 11.1. The Balaban J connectivity index is 2.18. The second-order valence-electron chi connectivity index (χ2n) is 5.37. The number of pyridine rings is 1. The number of carbonyl (C=O) groups is 1. The van der Waals surface area contributed by atoms with Crippen molar-refractivity contribution in [2.75, 3.05) is 0 Å². The molecule has 1 fully saturated rings. The van der Waals surface area contributed by atoms with E-state index in [1.165, 1.54) is 19.3 Å². The van der Waals surface area contributed by atoms with Crippen molar-refractivity contribution in [3.05, 3.63) is 40.5 Å². The Kier molecular flexibility index (Phi) is 3.62. The number of benzene rings is 1. The van der Waals surface area contributed by atoms with Crippen LogP contribution in [0, 0.1) is 0 Å². The Morgan fingerprint density at radius 1 is 1.25 bits per heavy atom. The van der Waals surface area contributed by atoms with E-state index in [9.17, 15) is 9.90 Å². The van der Waals surface area contributed by atoms with Crippen molar-refractivity contribution in [2.24, 2.45) is 0 Å². The Labute approximate surface area is 122 Å². The molecule has 0 aliphatic heterocycles. The number of hydrogen-bond acceptors (Lipinski definition) is 2. The Hall–Kier alpha value is -1.61. The van der Waals surface area contributed by atoms with Gasteiger partial charge in [0.15, 0.2) is 0 Å². The molecule has 0 radical (unpaired) electrons. The van der Waals surface area contributed by atoms with E-state index in [2.05, 4.69) is 4.98 Å². The topological polar surface area (TPSA) is 50.2 Å². The monoisotopic (exact) mass is 289 g/mol. The highest BCUT2D eigenvalue weighted by atomic mass is 35.5. The van der Waals surface area contributed by atoms with Gasteiger partial charge in [0.2, 0.25) is 0 Å². The minimum Gasteiger partial charge on any atom is -0.478 e. The molecule has 1 saturated carbocycles. The third-order valence-corrected chi connectivity index (χ3v) is 4.37. The number of para-hydroxylation sites is 1. The molecule has 1 heterocycles. The first-order chi connectivity index (χ1) is 9.66. The molecule has 1 aliphatic carbocycles. The van der Waals surface area contributed by atoms with Crippen molar-refractivity contribution in [2.45, 2.75) is 38.0 Å². The smallest absolute Gasteiger partial charge is 0.336 e. The predicted molar refractivity (Wildman–Crippen MR) is 79.5 cm³/mol. The van der Waals surface area contributed by atoms with Gasteiger partial charge in [-0.3, -0.25) is 4.98 Å². The van der Waals surface area contributed by atoms with Crippen molar-refractivity contribution in [1.82, 2.24) is 4.98 Å². The Morgan fingerprint density at radius 3 is 2.70 bits per heavy atom. The van der Waals surface area contributed by atoms with Gasteiger partial charge in [0.25, 0.3) is 0 Å². The standard InChI is InChI=1S/C16H16ClNO2/c17-13-8-4-7-11-12(16(19)20)9-14(18-15(11)13)10-5-2-1-3-6-10/h4,7-10H,1-3,5-6H2,(H,19,20). The lowest BCUT2D eigenvalue weighted by atomic mass is 9.86. The van der Waals surface area contributed by atoms with Gasteiger partial charge in [-0.15, -0.1) is 0 Å². The largest absolute Gasteiger partial charge is 0.478 e. The molecule has 0 spiro atoms. The summed E-state index contributed by atoms with van der Waals surface area (Å²) in [6.45, 7) is 0. The summed E-state index contributed by atoms with van der Waals surface area (Å²) in [7, 11) is 0. The van der Waals surface area contributed by atoms with E-state index in [0.29, 0.717) is 27.4 Å². The van der Waals surface area contributed by atoms with Crippen molar-refractivity contribution in [1.29, 1.82) is 0 Å². The molecule has 104 valence electrons. The van der Waals surface area contributed by atoms with Gasteiger partial charge in [0.05, 0.1) is 16.1 Å². The van der Waals surface area contributed by atoms with Crippen LogP contribution in [-0.4, -0.2) is 16.1 Å². The molecule has 1 aromatic carbocycles. The number of aromatic carboxylic acids is 1. The normalized spacial score (nSPS) is 16.4. The SMILES string of the molecule is O=C(O)c1cc(C2CCCCC2)nc2c(Cl)cccc12.